The summed E-state index contributed by atoms with van der Waals surface area (Å²) in [6.45, 7) is 8.02. The Bertz CT molecular complexity index is 302. The number of rotatable bonds is 16. The number of halogens is 1. The zero-order valence-electron chi connectivity index (χ0n) is 15.4. The highest BCUT2D eigenvalue weighted by atomic mass is 19.1. The van der Waals surface area contributed by atoms with Crippen LogP contribution in [0.2, 0.25) is 0 Å². The van der Waals surface area contributed by atoms with Gasteiger partial charge in [-0.1, -0.05) is 84.6 Å². The SMILES string of the molecule is C=C(CCCCCCCCCCC)C(=O)OC(F)CCCCC. The van der Waals surface area contributed by atoms with E-state index in [2.05, 4.69) is 20.4 Å². The highest BCUT2D eigenvalue weighted by molar-refractivity contribution is 5.87. The molecule has 3 heteroatoms. The minimum absolute atomic E-state index is 0.297. The van der Waals surface area contributed by atoms with Crippen molar-refractivity contribution in [2.75, 3.05) is 0 Å². The van der Waals surface area contributed by atoms with E-state index in [0.717, 1.165) is 32.1 Å². The first-order valence-corrected chi connectivity index (χ1v) is 9.64. The number of carbonyl (C=O) groups excluding carboxylic acids is 1. The smallest absolute Gasteiger partial charge is 0.335 e. The third kappa shape index (κ3) is 14.5. The normalized spacial score (nSPS) is 12.1. The van der Waals surface area contributed by atoms with Crippen LogP contribution in [0, 0.1) is 0 Å². The summed E-state index contributed by atoms with van der Waals surface area (Å²) in [5.74, 6) is -0.562. The Kier molecular flexibility index (Phi) is 15.4. The van der Waals surface area contributed by atoms with Crippen LogP contribution in [0.4, 0.5) is 4.39 Å². The number of alkyl halides is 1. The molecule has 0 amide bonds. The van der Waals surface area contributed by atoms with Crippen LogP contribution in [0.15, 0.2) is 12.2 Å². The van der Waals surface area contributed by atoms with Crippen molar-refractivity contribution in [3.05, 3.63) is 12.2 Å². The Hall–Kier alpha value is -0.860. The van der Waals surface area contributed by atoms with Crippen LogP contribution < -0.4 is 0 Å². The van der Waals surface area contributed by atoms with Gasteiger partial charge in [0.1, 0.15) is 0 Å². The average Bonchev–Trinajstić information content (AvgIpc) is 2.53. The van der Waals surface area contributed by atoms with Gasteiger partial charge in [0.15, 0.2) is 0 Å². The Labute approximate surface area is 142 Å². The lowest BCUT2D eigenvalue weighted by molar-refractivity contribution is -0.153. The van der Waals surface area contributed by atoms with E-state index < -0.39 is 12.3 Å². The highest BCUT2D eigenvalue weighted by Gasteiger charge is 2.15. The van der Waals surface area contributed by atoms with E-state index in [1.807, 2.05) is 0 Å². The van der Waals surface area contributed by atoms with E-state index in [-0.39, 0.29) is 0 Å². The number of ether oxygens (including phenoxy) is 1. The van der Waals surface area contributed by atoms with Gasteiger partial charge in [0, 0.05) is 12.0 Å². The fraction of sp³-hybridized carbons (Fsp3) is 0.850. The van der Waals surface area contributed by atoms with Gasteiger partial charge in [-0.15, -0.1) is 0 Å². The molecule has 1 atom stereocenters. The van der Waals surface area contributed by atoms with Gasteiger partial charge in [-0.2, -0.15) is 0 Å². The molecular weight excluding hydrogens is 291 g/mol. The van der Waals surface area contributed by atoms with E-state index in [0.29, 0.717) is 18.4 Å². The molecule has 0 fully saturated rings. The minimum atomic E-state index is -1.48. The Balaban J connectivity index is 3.52. The van der Waals surface area contributed by atoms with Crippen molar-refractivity contribution < 1.29 is 13.9 Å². The van der Waals surface area contributed by atoms with E-state index >= 15 is 0 Å². The standard InChI is InChI=1S/C20H37FO2/c1-4-6-8-9-10-11-12-13-15-16-18(3)20(22)23-19(21)17-14-7-5-2/h19H,3-17H2,1-2H3. The maximum atomic E-state index is 13.5. The van der Waals surface area contributed by atoms with Crippen molar-refractivity contribution in [2.45, 2.75) is 110 Å². The molecular formula is C20H37FO2. The quantitative estimate of drug-likeness (QED) is 0.175. The summed E-state index contributed by atoms with van der Waals surface area (Å²) < 4.78 is 18.3. The molecule has 23 heavy (non-hydrogen) atoms. The topological polar surface area (TPSA) is 26.3 Å². The van der Waals surface area contributed by atoms with Crippen LogP contribution in [0.5, 0.6) is 0 Å². The molecule has 0 radical (unpaired) electrons. The number of hydrogen-bond acceptors (Lipinski definition) is 2. The molecule has 0 aromatic heterocycles. The van der Waals surface area contributed by atoms with Crippen LogP contribution in [0.25, 0.3) is 0 Å². The second kappa shape index (κ2) is 16.0. The molecule has 0 aliphatic carbocycles. The van der Waals surface area contributed by atoms with Gasteiger partial charge in [-0.25, -0.2) is 9.18 Å². The molecule has 0 aliphatic rings. The maximum absolute atomic E-state index is 13.5. The molecule has 0 bridgehead atoms. The monoisotopic (exact) mass is 328 g/mol. The third-order valence-electron chi connectivity index (χ3n) is 4.14. The fourth-order valence-electron chi connectivity index (χ4n) is 2.56. The molecule has 1 unspecified atom stereocenters. The summed E-state index contributed by atoms with van der Waals surface area (Å²) in [7, 11) is 0. The summed E-state index contributed by atoms with van der Waals surface area (Å²) in [6.07, 6.45) is 13.4. The van der Waals surface area contributed by atoms with Crippen LogP contribution >= 0.6 is 0 Å². The van der Waals surface area contributed by atoms with Crippen molar-refractivity contribution in [3.8, 4) is 0 Å². The van der Waals surface area contributed by atoms with Crippen LogP contribution in [0.1, 0.15) is 104 Å². The first kappa shape index (κ1) is 22.1. The predicted octanol–water partition coefficient (Wildman–Crippen LogP) is 6.88. The number of carbonyl (C=O) groups is 1. The first-order valence-electron chi connectivity index (χ1n) is 9.64. The second-order valence-electron chi connectivity index (χ2n) is 6.49. The minimum Gasteiger partial charge on any atom is -0.428 e. The van der Waals surface area contributed by atoms with E-state index in [1.54, 1.807) is 0 Å². The largest absolute Gasteiger partial charge is 0.428 e. The molecule has 0 aromatic rings. The van der Waals surface area contributed by atoms with E-state index in [4.69, 9.17) is 4.74 Å². The lowest BCUT2D eigenvalue weighted by Crippen LogP contribution is -2.15. The van der Waals surface area contributed by atoms with Gasteiger partial charge < -0.3 is 4.74 Å². The first-order chi connectivity index (χ1) is 11.1. The summed E-state index contributed by atoms with van der Waals surface area (Å²) in [5.41, 5.74) is 0.408. The average molecular weight is 329 g/mol. The zero-order valence-corrected chi connectivity index (χ0v) is 15.4. The maximum Gasteiger partial charge on any atom is 0.335 e. The highest BCUT2D eigenvalue weighted by Crippen LogP contribution is 2.15. The van der Waals surface area contributed by atoms with Gasteiger partial charge in [0.05, 0.1) is 0 Å². The molecule has 0 saturated carbocycles. The van der Waals surface area contributed by atoms with Crippen molar-refractivity contribution in [3.63, 3.8) is 0 Å². The molecule has 0 rings (SSSR count). The van der Waals surface area contributed by atoms with Gasteiger partial charge in [0.25, 0.3) is 0 Å². The van der Waals surface area contributed by atoms with Gasteiger partial charge in [-0.3, -0.25) is 0 Å². The summed E-state index contributed by atoms with van der Waals surface area (Å²) >= 11 is 0. The van der Waals surface area contributed by atoms with E-state index in [1.165, 1.54) is 44.9 Å². The molecule has 0 aliphatic heterocycles. The molecule has 0 saturated heterocycles. The Morgan fingerprint density at radius 2 is 1.35 bits per heavy atom. The Morgan fingerprint density at radius 3 is 1.91 bits per heavy atom. The summed E-state index contributed by atoms with van der Waals surface area (Å²) in [5, 5.41) is 0. The lowest BCUT2D eigenvalue weighted by atomic mass is 10.0. The third-order valence-corrected chi connectivity index (χ3v) is 4.14. The molecule has 0 spiro atoms. The van der Waals surface area contributed by atoms with Gasteiger partial charge >= 0.3 is 5.97 Å². The number of hydrogen-bond donors (Lipinski definition) is 0. The van der Waals surface area contributed by atoms with Crippen molar-refractivity contribution >= 4 is 5.97 Å². The summed E-state index contributed by atoms with van der Waals surface area (Å²) in [6, 6.07) is 0. The lowest BCUT2D eigenvalue weighted by Gasteiger charge is -2.11. The molecule has 0 aromatic carbocycles. The van der Waals surface area contributed by atoms with E-state index in [9.17, 15) is 9.18 Å². The van der Waals surface area contributed by atoms with Crippen molar-refractivity contribution in [2.24, 2.45) is 0 Å². The molecule has 0 heterocycles. The second-order valence-corrected chi connectivity index (χ2v) is 6.49. The predicted molar refractivity (Wildman–Crippen MR) is 96.1 cm³/mol. The van der Waals surface area contributed by atoms with Crippen molar-refractivity contribution in [1.82, 2.24) is 0 Å². The van der Waals surface area contributed by atoms with Gasteiger partial charge in [-0.05, 0) is 19.3 Å². The number of esters is 1. The Morgan fingerprint density at radius 1 is 0.870 bits per heavy atom. The van der Waals surface area contributed by atoms with Gasteiger partial charge in [0.2, 0.25) is 6.36 Å². The van der Waals surface area contributed by atoms with Crippen molar-refractivity contribution in [1.29, 1.82) is 0 Å². The molecule has 0 N–H and O–H groups in total. The van der Waals surface area contributed by atoms with Crippen LogP contribution in [-0.2, 0) is 9.53 Å². The summed E-state index contributed by atoms with van der Waals surface area (Å²) in [4.78, 5) is 11.7. The fourth-order valence-corrected chi connectivity index (χ4v) is 2.56. The molecule has 136 valence electrons. The van der Waals surface area contributed by atoms with Crippen LogP contribution in [-0.4, -0.2) is 12.3 Å². The van der Waals surface area contributed by atoms with Crippen LogP contribution in [0.3, 0.4) is 0 Å². The number of unbranched alkanes of at least 4 members (excludes halogenated alkanes) is 10. The zero-order chi connectivity index (χ0) is 17.3. The molecule has 2 nitrogen and oxygen atoms in total.